The predicted octanol–water partition coefficient (Wildman–Crippen LogP) is 3.59. The van der Waals surface area contributed by atoms with Gasteiger partial charge in [0.1, 0.15) is 11.5 Å². The lowest BCUT2D eigenvalue weighted by atomic mass is 9.96. The summed E-state index contributed by atoms with van der Waals surface area (Å²) in [5.41, 5.74) is 7.13. The highest BCUT2D eigenvalue weighted by molar-refractivity contribution is 7.10. The summed E-state index contributed by atoms with van der Waals surface area (Å²) in [5.74, 6) is 0.421. The lowest BCUT2D eigenvalue weighted by Crippen LogP contribution is -2.37. The van der Waals surface area contributed by atoms with Crippen molar-refractivity contribution in [1.29, 1.82) is 0 Å². The third-order valence-corrected chi connectivity index (χ3v) is 6.19. The van der Waals surface area contributed by atoms with E-state index in [-0.39, 0.29) is 11.7 Å². The van der Waals surface area contributed by atoms with Crippen molar-refractivity contribution in [3.63, 3.8) is 0 Å². The van der Waals surface area contributed by atoms with Gasteiger partial charge in [0.05, 0.1) is 16.4 Å². The molecule has 2 fully saturated rings. The maximum atomic E-state index is 14.6. The van der Waals surface area contributed by atoms with Crippen molar-refractivity contribution in [3.8, 4) is 0 Å². The molecule has 1 saturated carbocycles. The number of benzene rings is 1. The molecule has 7 heteroatoms. The number of aromatic nitrogens is 1. The van der Waals surface area contributed by atoms with Gasteiger partial charge < -0.3 is 16.0 Å². The molecule has 1 aromatic carbocycles. The molecule has 3 N–H and O–H groups in total. The average Bonchev–Trinajstić information content (AvgIpc) is 3.39. The van der Waals surface area contributed by atoms with E-state index in [0.29, 0.717) is 35.4 Å². The summed E-state index contributed by atoms with van der Waals surface area (Å²) >= 11 is 1.53. The second-order valence-corrected chi connectivity index (χ2v) is 7.99. The molecule has 0 bridgehead atoms. The summed E-state index contributed by atoms with van der Waals surface area (Å²) < 4.78 is 14.6. The number of para-hydroxylation sites is 1. The highest BCUT2D eigenvalue weighted by Gasteiger charge is 2.28. The highest BCUT2D eigenvalue weighted by atomic mass is 32.1. The second kappa shape index (κ2) is 7.32. The largest absolute Gasteiger partial charge is 0.367 e. The number of carbonyl (C=O) groups is 1. The molecule has 0 unspecified atom stereocenters. The number of nitrogens with zero attached hydrogens (tertiary/aromatic N) is 2. The van der Waals surface area contributed by atoms with E-state index in [1.807, 2.05) is 4.90 Å². The fraction of sp³-hybridized carbons (Fsp3) is 0.474. The Hall–Kier alpha value is -1.99. The van der Waals surface area contributed by atoms with E-state index in [4.69, 9.17) is 5.73 Å². The van der Waals surface area contributed by atoms with Crippen LogP contribution in [0.3, 0.4) is 0 Å². The Balaban J connectivity index is 1.52. The number of hydrogen-bond donors (Lipinski definition) is 2. The van der Waals surface area contributed by atoms with Crippen LogP contribution in [0.15, 0.2) is 23.6 Å². The van der Waals surface area contributed by atoms with Gasteiger partial charge in [-0.1, -0.05) is 6.07 Å². The van der Waals surface area contributed by atoms with Gasteiger partial charge in [-0.3, -0.25) is 4.79 Å². The first-order valence-electron chi connectivity index (χ1n) is 9.16. The number of piperidine rings is 1. The third-order valence-electron chi connectivity index (χ3n) is 5.18. The van der Waals surface area contributed by atoms with E-state index in [9.17, 15) is 9.18 Å². The molecule has 2 heterocycles. The van der Waals surface area contributed by atoms with E-state index in [0.717, 1.165) is 43.8 Å². The van der Waals surface area contributed by atoms with Gasteiger partial charge in [0.25, 0.3) is 5.91 Å². The van der Waals surface area contributed by atoms with Crippen LogP contribution in [0.5, 0.6) is 0 Å². The Kier molecular flexibility index (Phi) is 4.91. The number of nitrogens with one attached hydrogen (secondary N) is 1. The van der Waals surface area contributed by atoms with Crippen molar-refractivity contribution < 1.29 is 9.18 Å². The molecule has 1 aliphatic heterocycles. The number of nitrogens with two attached hydrogens (primary N) is 1. The summed E-state index contributed by atoms with van der Waals surface area (Å²) in [6, 6.07) is 4.81. The zero-order valence-corrected chi connectivity index (χ0v) is 15.4. The SMILES string of the molecule is NCC1CCN(c2c(F)cccc2NC(=O)c2csc(C3CC3)n2)CC1. The summed E-state index contributed by atoms with van der Waals surface area (Å²) in [4.78, 5) is 19.0. The minimum atomic E-state index is -0.314. The second-order valence-electron chi connectivity index (χ2n) is 7.10. The van der Waals surface area contributed by atoms with Gasteiger partial charge in [-0.25, -0.2) is 9.37 Å². The third kappa shape index (κ3) is 3.59. The Morgan fingerprint density at radius 1 is 1.31 bits per heavy atom. The standard InChI is InChI=1S/C19H23FN4OS/c20-14-2-1-3-15(17(14)24-8-6-12(10-21)7-9-24)22-18(25)16-11-26-19(23-16)13-4-5-13/h1-3,11-13H,4-10,21H2,(H,22,25). The van der Waals surface area contributed by atoms with Crippen LogP contribution in [-0.2, 0) is 0 Å². The van der Waals surface area contributed by atoms with Gasteiger partial charge in [-0.2, -0.15) is 0 Å². The van der Waals surface area contributed by atoms with Gasteiger partial charge in [0.2, 0.25) is 0 Å². The molecule has 0 atom stereocenters. The number of rotatable bonds is 5. The van der Waals surface area contributed by atoms with Crippen molar-refractivity contribution in [2.75, 3.05) is 29.9 Å². The van der Waals surface area contributed by atoms with E-state index in [1.54, 1.807) is 17.5 Å². The molecule has 5 nitrogen and oxygen atoms in total. The van der Waals surface area contributed by atoms with E-state index in [1.165, 1.54) is 17.4 Å². The van der Waals surface area contributed by atoms with E-state index < -0.39 is 0 Å². The average molecular weight is 374 g/mol. The predicted molar refractivity (Wildman–Crippen MR) is 102 cm³/mol. The molecular formula is C19H23FN4OS. The molecular weight excluding hydrogens is 351 g/mol. The Bertz CT molecular complexity index is 797. The van der Waals surface area contributed by atoms with Crippen LogP contribution in [0, 0.1) is 11.7 Å². The zero-order valence-electron chi connectivity index (χ0n) is 14.6. The maximum Gasteiger partial charge on any atom is 0.275 e. The van der Waals surface area contributed by atoms with Crippen LogP contribution in [0.25, 0.3) is 0 Å². The Morgan fingerprint density at radius 2 is 2.08 bits per heavy atom. The van der Waals surface area contributed by atoms with Crippen LogP contribution in [-0.4, -0.2) is 30.5 Å². The minimum Gasteiger partial charge on any atom is -0.367 e. The topological polar surface area (TPSA) is 71.2 Å². The number of carbonyl (C=O) groups excluding carboxylic acids is 1. The summed E-state index contributed by atoms with van der Waals surface area (Å²) in [7, 11) is 0. The van der Waals surface area contributed by atoms with Crippen molar-refractivity contribution in [1.82, 2.24) is 4.98 Å². The zero-order chi connectivity index (χ0) is 18.1. The lowest BCUT2D eigenvalue weighted by molar-refractivity contribution is 0.102. The fourth-order valence-electron chi connectivity index (χ4n) is 3.43. The molecule has 138 valence electrons. The first-order valence-corrected chi connectivity index (χ1v) is 10.0. The monoisotopic (exact) mass is 374 g/mol. The molecule has 26 heavy (non-hydrogen) atoms. The van der Waals surface area contributed by atoms with Crippen LogP contribution in [0.2, 0.25) is 0 Å². The minimum absolute atomic E-state index is 0.281. The number of amides is 1. The number of anilines is 2. The van der Waals surface area contributed by atoms with E-state index >= 15 is 0 Å². The Labute approximate surface area is 156 Å². The van der Waals surface area contributed by atoms with Crippen LogP contribution in [0.4, 0.5) is 15.8 Å². The summed E-state index contributed by atoms with van der Waals surface area (Å²) in [6.45, 7) is 2.16. The molecule has 1 amide bonds. The van der Waals surface area contributed by atoms with Gasteiger partial charge in [0.15, 0.2) is 0 Å². The number of thiazole rings is 1. The van der Waals surface area contributed by atoms with Gasteiger partial charge in [-0.05, 0) is 50.3 Å². The van der Waals surface area contributed by atoms with Crippen LogP contribution < -0.4 is 16.0 Å². The van der Waals surface area contributed by atoms with Gasteiger partial charge in [0, 0.05) is 24.4 Å². The molecule has 0 radical (unpaired) electrons. The van der Waals surface area contributed by atoms with Crippen LogP contribution >= 0.6 is 11.3 Å². The van der Waals surface area contributed by atoms with Crippen molar-refractivity contribution >= 4 is 28.6 Å². The molecule has 1 saturated heterocycles. The van der Waals surface area contributed by atoms with Crippen molar-refractivity contribution in [3.05, 3.63) is 40.1 Å². The molecule has 0 spiro atoms. The lowest BCUT2D eigenvalue weighted by Gasteiger charge is -2.34. The highest BCUT2D eigenvalue weighted by Crippen LogP contribution is 2.41. The molecule has 2 aliphatic rings. The number of halogens is 1. The van der Waals surface area contributed by atoms with Crippen molar-refractivity contribution in [2.24, 2.45) is 11.7 Å². The fourth-order valence-corrected chi connectivity index (χ4v) is 4.40. The van der Waals surface area contributed by atoms with Gasteiger partial charge >= 0.3 is 0 Å². The first kappa shape index (κ1) is 17.4. The first-order chi connectivity index (χ1) is 12.7. The smallest absolute Gasteiger partial charge is 0.275 e. The molecule has 1 aromatic heterocycles. The van der Waals surface area contributed by atoms with E-state index in [2.05, 4.69) is 10.3 Å². The quantitative estimate of drug-likeness (QED) is 0.839. The molecule has 4 rings (SSSR count). The number of hydrogen-bond acceptors (Lipinski definition) is 5. The maximum absolute atomic E-state index is 14.6. The van der Waals surface area contributed by atoms with Crippen LogP contribution in [0.1, 0.15) is 47.1 Å². The Morgan fingerprint density at radius 3 is 2.77 bits per heavy atom. The summed E-state index contributed by atoms with van der Waals surface area (Å²) in [5, 5.41) is 5.67. The normalized spacial score (nSPS) is 18.2. The molecule has 1 aliphatic carbocycles. The van der Waals surface area contributed by atoms with Crippen molar-refractivity contribution in [2.45, 2.75) is 31.6 Å². The summed E-state index contributed by atoms with van der Waals surface area (Å²) in [6.07, 6.45) is 4.19. The molecule has 2 aromatic rings. The van der Waals surface area contributed by atoms with Gasteiger partial charge in [-0.15, -0.1) is 11.3 Å².